The first kappa shape index (κ1) is 17.6. The number of hydrogen-bond donors (Lipinski definition) is 1. The zero-order valence-electron chi connectivity index (χ0n) is 14.2. The van der Waals surface area contributed by atoms with Gasteiger partial charge in [-0.1, -0.05) is 42.5 Å². The second-order valence-electron chi connectivity index (χ2n) is 6.22. The maximum atomic E-state index is 12.9. The fourth-order valence-corrected chi connectivity index (χ4v) is 2.98. The highest BCUT2D eigenvalue weighted by Crippen LogP contribution is 2.21. The second-order valence-corrected chi connectivity index (χ2v) is 6.22. The Hall–Kier alpha value is -2.24. The van der Waals surface area contributed by atoms with Gasteiger partial charge in [-0.2, -0.15) is 0 Å². The van der Waals surface area contributed by atoms with Crippen LogP contribution in [0, 0.1) is 5.82 Å². The van der Waals surface area contributed by atoms with Crippen molar-refractivity contribution in [2.24, 2.45) is 0 Å². The van der Waals surface area contributed by atoms with Gasteiger partial charge in [0.15, 0.2) is 0 Å². The summed E-state index contributed by atoms with van der Waals surface area (Å²) in [7, 11) is 0. The summed E-state index contributed by atoms with van der Waals surface area (Å²) in [6.07, 6.45) is 0.362. The van der Waals surface area contributed by atoms with Gasteiger partial charge >= 0.3 is 0 Å². The van der Waals surface area contributed by atoms with E-state index in [1.165, 1.54) is 17.7 Å². The number of morpholine rings is 1. The predicted octanol–water partition coefficient (Wildman–Crippen LogP) is 2.56. The van der Waals surface area contributed by atoms with E-state index in [-0.39, 0.29) is 24.2 Å². The van der Waals surface area contributed by atoms with Gasteiger partial charge in [-0.15, -0.1) is 0 Å². The minimum absolute atomic E-state index is 0.0422. The van der Waals surface area contributed by atoms with Crippen molar-refractivity contribution in [1.29, 1.82) is 0 Å². The smallest absolute Gasteiger partial charge is 0.224 e. The summed E-state index contributed by atoms with van der Waals surface area (Å²) in [6.45, 7) is 3.79. The lowest BCUT2D eigenvalue weighted by molar-refractivity contribution is -0.120. The molecule has 1 atom stereocenters. The third-order valence-corrected chi connectivity index (χ3v) is 4.35. The molecule has 1 saturated heterocycles. The number of amides is 1. The highest BCUT2D eigenvalue weighted by Gasteiger charge is 2.21. The molecular formula is C20H23FN2O2. The molecule has 1 aliphatic rings. The zero-order valence-corrected chi connectivity index (χ0v) is 14.2. The van der Waals surface area contributed by atoms with Crippen molar-refractivity contribution < 1.29 is 13.9 Å². The number of halogens is 1. The van der Waals surface area contributed by atoms with Crippen LogP contribution in [0.3, 0.4) is 0 Å². The van der Waals surface area contributed by atoms with Crippen molar-refractivity contribution in [3.8, 4) is 0 Å². The molecule has 0 bridgehead atoms. The van der Waals surface area contributed by atoms with E-state index in [4.69, 9.17) is 4.74 Å². The SMILES string of the molecule is O=C(Cc1ccc(F)cc1)NCCN1CCOC(c2ccccc2)C1. The molecule has 0 spiro atoms. The standard InChI is InChI=1S/C20H23FN2O2/c21-18-8-6-16(7-9-18)14-20(24)22-10-11-23-12-13-25-19(15-23)17-4-2-1-3-5-17/h1-9,19H,10-15H2,(H,22,24). The van der Waals surface area contributed by atoms with E-state index in [1.807, 2.05) is 18.2 Å². The molecule has 1 aliphatic heterocycles. The molecule has 5 heteroatoms. The van der Waals surface area contributed by atoms with Crippen LogP contribution in [0.4, 0.5) is 4.39 Å². The first-order chi connectivity index (χ1) is 12.2. The van der Waals surface area contributed by atoms with E-state index in [1.54, 1.807) is 12.1 Å². The molecule has 0 aliphatic carbocycles. The quantitative estimate of drug-likeness (QED) is 0.877. The van der Waals surface area contributed by atoms with Crippen LogP contribution < -0.4 is 5.32 Å². The Morgan fingerprint density at radius 1 is 1.16 bits per heavy atom. The molecule has 3 rings (SSSR count). The van der Waals surface area contributed by atoms with Crippen LogP contribution in [0.25, 0.3) is 0 Å². The Morgan fingerprint density at radius 2 is 1.92 bits per heavy atom. The molecule has 1 N–H and O–H groups in total. The van der Waals surface area contributed by atoms with Crippen LogP contribution in [0.5, 0.6) is 0 Å². The number of ether oxygens (including phenoxy) is 1. The molecule has 0 aromatic heterocycles. The van der Waals surface area contributed by atoms with Gasteiger partial charge in [-0.05, 0) is 23.3 Å². The number of carbonyl (C=O) groups is 1. The summed E-state index contributed by atoms with van der Waals surface area (Å²) >= 11 is 0. The summed E-state index contributed by atoms with van der Waals surface area (Å²) < 4.78 is 18.7. The lowest BCUT2D eigenvalue weighted by Crippen LogP contribution is -2.42. The van der Waals surface area contributed by atoms with Gasteiger partial charge in [0.2, 0.25) is 5.91 Å². The van der Waals surface area contributed by atoms with E-state index in [2.05, 4.69) is 22.3 Å². The summed E-state index contributed by atoms with van der Waals surface area (Å²) in [5.74, 6) is -0.330. The minimum atomic E-state index is -0.288. The molecule has 2 aromatic carbocycles. The number of nitrogens with zero attached hydrogens (tertiary/aromatic N) is 1. The number of rotatable bonds is 6. The average molecular weight is 342 g/mol. The summed E-state index contributed by atoms with van der Waals surface area (Å²) in [5, 5.41) is 2.93. The molecule has 1 amide bonds. The summed E-state index contributed by atoms with van der Waals surface area (Å²) in [5.41, 5.74) is 2.00. The Balaban J connectivity index is 1.41. The van der Waals surface area contributed by atoms with Gasteiger partial charge in [-0.3, -0.25) is 9.69 Å². The number of carbonyl (C=O) groups excluding carboxylic acids is 1. The molecule has 2 aromatic rings. The lowest BCUT2D eigenvalue weighted by Gasteiger charge is -2.33. The first-order valence-electron chi connectivity index (χ1n) is 8.61. The maximum absolute atomic E-state index is 12.9. The number of nitrogens with one attached hydrogen (secondary N) is 1. The molecule has 0 saturated carbocycles. The first-order valence-corrected chi connectivity index (χ1v) is 8.61. The third-order valence-electron chi connectivity index (χ3n) is 4.35. The average Bonchev–Trinajstić information content (AvgIpc) is 2.65. The normalized spacial score (nSPS) is 18.0. The predicted molar refractivity (Wildman–Crippen MR) is 94.7 cm³/mol. The Bertz CT molecular complexity index is 676. The molecule has 0 radical (unpaired) electrons. The second kappa shape index (κ2) is 8.74. The molecule has 1 unspecified atom stereocenters. The van der Waals surface area contributed by atoms with Crippen molar-refractivity contribution in [3.63, 3.8) is 0 Å². The molecule has 1 heterocycles. The van der Waals surface area contributed by atoms with Crippen LogP contribution in [-0.2, 0) is 16.0 Å². The molecular weight excluding hydrogens is 319 g/mol. The van der Waals surface area contributed by atoms with Crippen molar-refractivity contribution in [2.75, 3.05) is 32.8 Å². The molecule has 25 heavy (non-hydrogen) atoms. The summed E-state index contributed by atoms with van der Waals surface area (Å²) in [6, 6.07) is 16.2. The fraction of sp³-hybridized carbons (Fsp3) is 0.350. The monoisotopic (exact) mass is 342 g/mol. The summed E-state index contributed by atoms with van der Waals surface area (Å²) in [4.78, 5) is 14.3. The molecule has 4 nitrogen and oxygen atoms in total. The number of benzene rings is 2. The van der Waals surface area contributed by atoms with Crippen LogP contribution in [0.1, 0.15) is 17.2 Å². The van der Waals surface area contributed by atoms with E-state index in [0.29, 0.717) is 13.2 Å². The Kier molecular flexibility index (Phi) is 6.14. The van der Waals surface area contributed by atoms with Gasteiger partial charge in [0.05, 0.1) is 19.1 Å². The minimum Gasteiger partial charge on any atom is -0.371 e. The maximum Gasteiger partial charge on any atom is 0.224 e. The van der Waals surface area contributed by atoms with Crippen molar-refractivity contribution in [1.82, 2.24) is 10.2 Å². The number of hydrogen-bond acceptors (Lipinski definition) is 3. The van der Waals surface area contributed by atoms with E-state index in [9.17, 15) is 9.18 Å². The van der Waals surface area contributed by atoms with Crippen LogP contribution >= 0.6 is 0 Å². The van der Waals surface area contributed by atoms with Crippen molar-refractivity contribution in [3.05, 3.63) is 71.5 Å². The highest BCUT2D eigenvalue weighted by atomic mass is 19.1. The van der Waals surface area contributed by atoms with Crippen molar-refractivity contribution >= 4 is 5.91 Å². The van der Waals surface area contributed by atoms with Gasteiger partial charge in [0.1, 0.15) is 5.82 Å². The van der Waals surface area contributed by atoms with E-state index < -0.39 is 0 Å². The van der Waals surface area contributed by atoms with Crippen LogP contribution in [0.2, 0.25) is 0 Å². The molecule has 132 valence electrons. The largest absolute Gasteiger partial charge is 0.371 e. The molecule has 1 fully saturated rings. The van der Waals surface area contributed by atoms with Crippen LogP contribution in [-0.4, -0.2) is 43.6 Å². The fourth-order valence-electron chi connectivity index (χ4n) is 2.98. The Morgan fingerprint density at radius 3 is 2.68 bits per heavy atom. The highest BCUT2D eigenvalue weighted by molar-refractivity contribution is 5.78. The van der Waals surface area contributed by atoms with Crippen molar-refractivity contribution in [2.45, 2.75) is 12.5 Å². The Labute approximate surface area is 147 Å². The zero-order chi connectivity index (χ0) is 17.5. The van der Waals surface area contributed by atoms with Gasteiger partial charge in [-0.25, -0.2) is 4.39 Å². The van der Waals surface area contributed by atoms with Gasteiger partial charge in [0, 0.05) is 26.2 Å². The van der Waals surface area contributed by atoms with E-state index in [0.717, 1.165) is 25.2 Å². The third kappa shape index (κ3) is 5.37. The van der Waals surface area contributed by atoms with E-state index >= 15 is 0 Å². The van der Waals surface area contributed by atoms with Gasteiger partial charge in [0.25, 0.3) is 0 Å². The van der Waals surface area contributed by atoms with Crippen LogP contribution in [0.15, 0.2) is 54.6 Å². The topological polar surface area (TPSA) is 41.6 Å². The van der Waals surface area contributed by atoms with Gasteiger partial charge < -0.3 is 10.1 Å². The lowest BCUT2D eigenvalue weighted by atomic mass is 10.1.